The van der Waals surface area contributed by atoms with Crippen LogP contribution in [0.5, 0.6) is 0 Å². The molecule has 0 fully saturated rings. The molecule has 0 aliphatic carbocycles. The quantitative estimate of drug-likeness (QED) is 0.286. The van der Waals surface area contributed by atoms with Crippen molar-refractivity contribution in [3.63, 3.8) is 0 Å². The van der Waals surface area contributed by atoms with Gasteiger partial charge in [-0.05, 0) is 38.3 Å². The summed E-state index contributed by atoms with van der Waals surface area (Å²) in [6, 6.07) is 15.6. The Labute approximate surface area is 213 Å². The molecule has 0 saturated carbocycles. The van der Waals surface area contributed by atoms with Crippen LogP contribution in [0.4, 0.5) is 11.4 Å². The first-order valence-corrected chi connectivity index (χ1v) is 11.6. The number of β-amino-alcohol motifs (C(OH)–C–C–N with tert-alkyl or cyclic N) is 1. The van der Waals surface area contributed by atoms with Gasteiger partial charge in [-0.3, -0.25) is 19.6 Å². The molecule has 0 amide bonds. The van der Waals surface area contributed by atoms with Crippen molar-refractivity contribution in [3.8, 4) is 5.69 Å². The number of hydrogen-bond donors (Lipinski definition) is 1. The van der Waals surface area contributed by atoms with Gasteiger partial charge in [0.05, 0.1) is 22.8 Å². The van der Waals surface area contributed by atoms with Gasteiger partial charge in [0.1, 0.15) is 0 Å². The molecule has 5 rings (SSSR count). The highest BCUT2D eigenvalue weighted by atomic mass is 79.9. The molecule has 0 spiro atoms. The number of amidine groups is 1. The highest BCUT2D eigenvalue weighted by Crippen LogP contribution is 2.36. The Hall–Kier alpha value is -3.24. The maximum atomic E-state index is 13.7. The fraction of sp³-hybridized carbons (Fsp3) is 0.360. The van der Waals surface area contributed by atoms with Crippen molar-refractivity contribution in [2.24, 2.45) is 7.05 Å². The zero-order valence-corrected chi connectivity index (χ0v) is 21.3. The number of nitrogens with zero attached hydrogens (tertiary/aromatic N) is 5. The van der Waals surface area contributed by atoms with E-state index in [2.05, 4.69) is 0 Å². The summed E-state index contributed by atoms with van der Waals surface area (Å²) in [5.74, 6) is 0.887. The average molecular weight is 542 g/mol. The average Bonchev–Trinajstić information content (AvgIpc) is 3.10. The summed E-state index contributed by atoms with van der Waals surface area (Å²) in [6.07, 6.45) is 3.58. The number of hydrogen-bond acceptors (Lipinski definition) is 5. The van der Waals surface area contributed by atoms with Crippen LogP contribution in [0.25, 0.3) is 5.69 Å². The highest BCUT2D eigenvalue weighted by molar-refractivity contribution is 5.96. The molecule has 2 aliphatic rings. The van der Waals surface area contributed by atoms with Gasteiger partial charge in [0.15, 0.2) is 6.54 Å². The molecule has 1 N–H and O–H groups in total. The SMILES string of the molecule is Cc1c(N2CC(O)(c3cccc([N+](=O)[O-])c3)[N+]3=C2CCCCC3)c(=O)n(-c2ccccc2)n1C.[Br-]. The lowest BCUT2D eigenvalue weighted by molar-refractivity contribution is -0.658. The Balaban J connectivity index is 0.00000289. The molecule has 3 aromatic rings. The van der Waals surface area contributed by atoms with Crippen molar-refractivity contribution in [1.29, 1.82) is 0 Å². The van der Waals surface area contributed by atoms with Crippen molar-refractivity contribution in [1.82, 2.24) is 9.36 Å². The van der Waals surface area contributed by atoms with Crippen LogP contribution in [0.2, 0.25) is 0 Å². The number of anilines is 1. The van der Waals surface area contributed by atoms with Crippen molar-refractivity contribution in [2.75, 3.05) is 18.0 Å². The van der Waals surface area contributed by atoms with Gasteiger partial charge >= 0.3 is 5.56 Å². The minimum Gasteiger partial charge on any atom is -1.00 e. The lowest BCUT2D eigenvalue weighted by atomic mass is 10.0. The maximum Gasteiger partial charge on any atom is 0.318 e. The van der Waals surface area contributed by atoms with Gasteiger partial charge in [0.2, 0.25) is 5.69 Å². The van der Waals surface area contributed by atoms with E-state index in [1.807, 2.05) is 58.5 Å². The van der Waals surface area contributed by atoms with Crippen molar-refractivity contribution in [2.45, 2.75) is 38.3 Å². The van der Waals surface area contributed by atoms with E-state index in [1.54, 1.807) is 16.8 Å². The molecule has 0 radical (unpaired) electrons. The summed E-state index contributed by atoms with van der Waals surface area (Å²) in [5.41, 5.74) is 0.830. The number of aliphatic hydroxyl groups is 1. The minimum atomic E-state index is -1.47. The molecule has 1 atom stereocenters. The van der Waals surface area contributed by atoms with E-state index in [4.69, 9.17) is 0 Å². The summed E-state index contributed by atoms with van der Waals surface area (Å²) in [6.45, 7) is 2.64. The Bertz CT molecular complexity index is 1360. The molecule has 2 aliphatic heterocycles. The summed E-state index contributed by atoms with van der Waals surface area (Å²) in [7, 11) is 1.85. The third-order valence-corrected chi connectivity index (χ3v) is 7.04. The molecule has 0 saturated heterocycles. The molecule has 1 aromatic heterocycles. The van der Waals surface area contributed by atoms with Gasteiger partial charge < -0.3 is 22.1 Å². The fourth-order valence-electron chi connectivity index (χ4n) is 5.26. The van der Waals surface area contributed by atoms with E-state index in [1.165, 1.54) is 12.1 Å². The van der Waals surface area contributed by atoms with Crippen LogP contribution in [-0.4, -0.2) is 42.9 Å². The first-order valence-electron chi connectivity index (χ1n) is 11.6. The van der Waals surface area contributed by atoms with Crippen LogP contribution in [0.1, 0.15) is 36.9 Å². The largest absolute Gasteiger partial charge is 1.00 e. The van der Waals surface area contributed by atoms with Gasteiger partial charge in [-0.15, -0.1) is 0 Å². The second-order valence-corrected chi connectivity index (χ2v) is 9.00. The van der Waals surface area contributed by atoms with Crippen LogP contribution in [0.15, 0.2) is 59.4 Å². The molecule has 0 bridgehead atoms. The van der Waals surface area contributed by atoms with Gasteiger partial charge in [-0.2, -0.15) is 0 Å². The summed E-state index contributed by atoms with van der Waals surface area (Å²) in [5, 5.41) is 23.4. The predicted molar refractivity (Wildman–Crippen MR) is 129 cm³/mol. The van der Waals surface area contributed by atoms with Crippen molar-refractivity contribution < 1.29 is 31.6 Å². The second-order valence-electron chi connectivity index (χ2n) is 9.00. The smallest absolute Gasteiger partial charge is 0.318 e. The van der Waals surface area contributed by atoms with Crippen molar-refractivity contribution >= 4 is 17.2 Å². The third-order valence-electron chi connectivity index (χ3n) is 7.04. The van der Waals surface area contributed by atoms with E-state index >= 15 is 0 Å². The molecular weight excluding hydrogens is 514 g/mol. The van der Waals surface area contributed by atoms with E-state index in [0.29, 0.717) is 17.8 Å². The summed E-state index contributed by atoms with van der Waals surface area (Å²) >= 11 is 0. The van der Waals surface area contributed by atoms with Crippen LogP contribution in [-0.2, 0) is 12.8 Å². The van der Waals surface area contributed by atoms with E-state index in [-0.39, 0.29) is 34.8 Å². The van der Waals surface area contributed by atoms with Gasteiger partial charge in [0.25, 0.3) is 17.2 Å². The number of para-hydroxylation sites is 1. The first-order chi connectivity index (χ1) is 16.3. The van der Waals surface area contributed by atoms with E-state index < -0.39 is 10.6 Å². The first kappa shape index (κ1) is 24.9. The summed E-state index contributed by atoms with van der Waals surface area (Å²) < 4.78 is 5.41. The lowest BCUT2D eigenvalue weighted by Gasteiger charge is -2.23. The Morgan fingerprint density at radius 1 is 1.09 bits per heavy atom. The third kappa shape index (κ3) is 4.00. The number of nitro benzene ring substituents is 1. The van der Waals surface area contributed by atoms with Crippen LogP contribution >= 0.6 is 0 Å². The highest BCUT2D eigenvalue weighted by Gasteiger charge is 2.53. The zero-order valence-electron chi connectivity index (χ0n) is 19.7. The number of nitro groups is 1. The number of benzene rings is 2. The second kappa shape index (κ2) is 9.43. The fourth-order valence-corrected chi connectivity index (χ4v) is 5.26. The molecule has 2 aromatic carbocycles. The van der Waals surface area contributed by atoms with Crippen LogP contribution < -0.4 is 27.4 Å². The predicted octanol–water partition coefficient (Wildman–Crippen LogP) is 0.0469. The van der Waals surface area contributed by atoms with Crippen LogP contribution in [0.3, 0.4) is 0 Å². The summed E-state index contributed by atoms with van der Waals surface area (Å²) in [4.78, 5) is 26.6. The van der Waals surface area contributed by atoms with E-state index in [0.717, 1.165) is 42.9 Å². The molecule has 35 heavy (non-hydrogen) atoms. The van der Waals surface area contributed by atoms with Gasteiger partial charge in [-0.25, -0.2) is 14.2 Å². The maximum absolute atomic E-state index is 13.7. The monoisotopic (exact) mass is 541 g/mol. The topological polar surface area (TPSA) is 96.6 Å². The molecule has 9 nitrogen and oxygen atoms in total. The Morgan fingerprint density at radius 3 is 2.54 bits per heavy atom. The standard InChI is InChI=1S/C25H28N5O4.BrH/c1-18-23(24(31)29(26(18)2)20-11-5-3-6-12-20)27-17-25(32,28-15-8-4-7-14-22(27)28)19-10-9-13-21(16-19)30(33)34;/h3,5-6,9-13,16,32H,4,7-8,14-15,17H2,1-2H3;1H/q+1;/p-1. The molecular formula is C25H28BrN5O4. The lowest BCUT2D eigenvalue weighted by Crippen LogP contribution is -3.00. The molecule has 3 heterocycles. The van der Waals surface area contributed by atoms with Gasteiger partial charge in [-0.1, -0.05) is 30.3 Å². The Kier molecular flexibility index (Phi) is 6.70. The van der Waals surface area contributed by atoms with Crippen molar-refractivity contribution in [3.05, 3.63) is 86.3 Å². The molecule has 1 unspecified atom stereocenters. The zero-order chi connectivity index (χ0) is 24.0. The van der Waals surface area contributed by atoms with Crippen LogP contribution in [0, 0.1) is 17.0 Å². The minimum absolute atomic E-state index is 0. The number of non-ortho nitro benzene ring substituents is 1. The Morgan fingerprint density at radius 2 is 1.83 bits per heavy atom. The normalized spacial score (nSPS) is 19.8. The molecule has 10 heteroatoms. The number of halogens is 1. The van der Waals surface area contributed by atoms with E-state index in [9.17, 15) is 20.0 Å². The molecule has 184 valence electrons. The van der Waals surface area contributed by atoms with Gasteiger partial charge in [0, 0.05) is 31.2 Å². The number of rotatable bonds is 4. The number of aromatic nitrogens is 2.